The zero-order valence-electron chi connectivity index (χ0n) is 24.7. The smallest absolute Gasteiger partial charge is 0.274 e. The van der Waals surface area contributed by atoms with Gasteiger partial charge in [0.25, 0.3) is 11.5 Å². The highest BCUT2D eigenvalue weighted by molar-refractivity contribution is 9.10. The third-order valence-corrected chi connectivity index (χ3v) is 10.4. The summed E-state index contributed by atoms with van der Waals surface area (Å²) in [6.45, 7) is 8.30. The molecule has 0 fully saturated rings. The van der Waals surface area contributed by atoms with Gasteiger partial charge in [-0.2, -0.15) is 0 Å². The third kappa shape index (κ3) is 5.35. The van der Waals surface area contributed by atoms with Gasteiger partial charge >= 0.3 is 0 Å². The molecule has 3 heterocycles. The summed E-state index contributed by atoms with van der Waals surface area (Å²) in [5.41, 5.74) is 4.04. The molecule has 0 saturated carbocycles. The highest BCUT2D eigenvalue weighted by Gasteiger charge is 2.33. The van der Waals surface area contributed by atoms with Crippen LogP contribution in [0.25, 0.3) is 11.4 Å². The number of anilines is 1. The van der Waals surface area contributed by atoms with Gasteiger partial charge in [0.1, 0.15) is 16.3 Å². The molecule has 0 radical (unpaired) electrons. The molecule has 0 atom stereocenters. The van der Waals surface area contributed by atoms with E-state index in [-0.39, 0.29) is 21.0 Å². The van der Waals surface area contributed by atoms with Crippen molar-refractivity contribution >= 4 is 37.5 Å². The molecule has 5 aromatic rings. The Kier molecular flexibility index (Phi) is 7.49. The topological polar surface area (TPSA) is 127 Å². The van der Waals surface area contributed by atoms with Crippen LogP contribution in [0.1, 0.15) is 59.3 Å². The summed E-state index contributed by atoms with van der Waals surface area (Å²) >= 11 is 3.70. The Bertz CT molecular complexity index is 2090. The molecule has 9 nitrogen and oxygen atoms in total. The summed E-state index contributed by atoms with van der Waals surface area (Å²) in [7, 11) is -4.04. The second-order valence-electron chi connectivity index (χ2n) is 12.0. The number of fused-ring (bicyclic) bond motifs is 3. The Morgan fingerprint density at radius 1 is 1.07 bits per heavy atom. The Hall–Kier alpha value is -4.22. The minimum absolute atomic E-state index is 0.0500. The fourth-order valence-corrected chi connectivity index (χ4v) is 7.68. The number of H-pyrrole nitrogens is 1. The van der Waals surface area contributed by atoms with E-state index in [4.69, 9.17) is 4.52 Å². The quantitative estimate of drug-likeness (QED) is 0.214. The fourth-order valence-electron chi connectivity index (χ4n) is 5.54. The van der Waals surface area contributed by atoms with Gasteiger partial charge in [-0.3, -0.25) is 9.59 Å². The van der Waals surface area contributed by atoms with Crippen molar-refractivity contribution in [2.24, 2.45) is 0 Å². The Labute approximate surface area is 263 Å². The van der Waals surface area contributed by atoms with Gasteiger partial charge in [-0.05, 0) is 70.6 Å². The molecule has 44 heavy (non-hydrogen) atoms. The van der Waals surface area contributed by atoms with E-state index >= 15 is 0 Å². The van der Waals surface area contributed by atoms with Crippen LogP contribution in [-0.2, 0) is 34.6 Å². The van der Waals surface area contributed by atoms with Crippen LogP contribution in [-0.4, -0.2) is 29.0 Å². The predicted octanol–water partition coefficient (Wildman–Crippen LogP) is 6.43. The van der Waals surface area contributed by atoms with E-state index in [1.165, 1.54) is 18.2 Å². The Morgan fingerprint density at radius 3 is 2.50 bits per heavy atom. The summed E-state index contributed by atoms with van der Waals surface area (Å²) < 4.78 is 34.8. The lowest BCUT2D eigenvalue weighted by molar-refractivity contribution is 0.101. The average molecular weight is 676 g/mol. The molecule has 0 aliphatic heterocycles. The molecule has 1 aliphatic rings. The number of nitrogens with one attached hydrogen (secondary N) is 2. The van der Waals surface area contributed by atoms with Crippen molar-refractivity contribution in [2.45, 2.75) is 62.3 Å². The van der Waals surface area contributed by atoms with Crippen molar-refractivity contribution in [1.29, 1.82) is 0 Å². The number of carbonyl (C=O) groups is 1. The molecular weight excluding hydrogens is 644 g/mol. The van der Waals surface area contributed by atoms with Crippen LogP contribution in [0.4, 0.5) is 5.82 Å². The first-order valence-electron chi connectivity index (χ1n) is 14.2. The molecule has 0 spiro atoms. The number of aromatic amines is 1. The Morgan fingerprint density at radius 2 is 1.82 bits per heavy atom. The SMILES string of the molecule is Cc1cccc(Cn2c(C(=O)Nc3cc(C(C)(C)C)on3)c(Br)c3c2-c2[nH]c(=O)c(S(=O)(=O)c4ccccc4)cc2CC3)c1. The van der Waals surface area contributed by atoms with Crippen LogP contribution in [0.5, 0.6) is 0 Å². The maximum Gasteiger partial charge on any atom is 0.274 e. The van der Waals surface area contributed by atoms with Gasteiger partial charge in [0, 0.05) is 18.0 Å². The second-order valence-corrected chi connectivity index (χ2v) is 14.7. The van der Waals surface area contributed by atoms with E-state index in [9.17, 15) is 18.0 Å². The van der Waals surface area contributed by atoms with Crippen LogP contribution in [0.15, 0.2) is 90.3 Å². The van der Waals surface area contributed by atoms with E-state index in [0.29, 0.717) is 52.3 Å². The lowest BCUT2D eigenvalue weighted by Crippen LogP contribution is -2.23. The molecule has 2 aromatic carbocycles. The van der Waals surface area contributed by atoms with Crippen molar-refractivity contribution < 1.29 is 17.7 Å². The largest absolute Gasteiger partial charge is 0.359 e. The molecular formula is C33H31BrN4O5S. The molecule has 1 aliphatic carbocycles. The monoisotopic (exact) mass is 674 g/mol. The van der Waals surface area contributed by atoms with Gasteiger partial charge in [0.05, 0.1) is 20.8 Å². The molecule has 0 unspecified atom stereocenters. The van der Waals surface area contributed by atoms with Gasteiger partial charge < -0.3 is 19.4 Å². The number of aromatic nitrogens is 3. The highest BCUT2D eigenvalue weighted by Crippen LogP contribution is 2.41. The minimum Gasteiger partial charge on any atom is -0.359 e. The molecule has 11 heteroatoms. The number of rotatable bonds is 6. The number of nitrogens with zero attached hydrogens (tertiary/aromatic N) is 2. The molecule has 2 N–H and O–H groups in total. The fraction of sp³-hybridized carbons (Fsp3) is 0.242. The number of benzene rings is 2. The molecule has 226 valence electrons. The minimum atomic E-state index is -4.04. The summed E-state index contributed by atoms with van der Waals surface area (Å²) in [4.78, 5) is 30.0. The summed E-state index contributed by atoms with van der Waals surface area (Å²) in [6, 6.07) is 19.1. The first-order chi connectivity index (χ1) is 20.8. The average Bonchev–Trinajstić information content (AvgIpc) is 3.56. The second kappa shape index (κ2) is 11.0. The zero-order valence-corrected chi connectivity index (χ0v) is 27.1. The van der Waals surface area contributed by atoms with Crippen LogP contribution in [0.2, 0.25) is 0 Å². The first-order valence-corrected chi connectivity index (χ1v) is 16.4. The van der Waals surface area contributed by atoms with Crippen LogP contribution < -0.4 is 10.9 Å². The normalized spacial score (nSPS) is 12.9. The molecule has 0 bridgehead atoms. The number of carbonyl (C=O) groups excluding carboxylic acids is 1. The van der Waals surface area contributed by atoms with Gasteiger partial charge in [-0.1, -0.05) is 74.0 Å². The lowest BCUT2D eigenvalue weighted by Gasteiger charge is -2.21. The molecule has 3 aromatic heterocycles. The number of halogens is 1. The molecule has 0 saturated heterocycles. The Balaban J connectivity index is 1.50. The van der Waals surface area contributed by atoms with Gasteiger partial charge in [0.2, 0.25) is 9.84 Å². The van der Waals surface area contributed by atoms with Gasteiger partial charge in [-0.15, -0.1) is 0 Å². The van der Waals surface area contributed by atoms with E-state index in [2.05, 4.69) is 31.4 Å². The van der Waals surface area contributed by atoms with Crippen LogP contribution >= 0.6 is 15.9 Å². The van der Waals surface area contributed by atoms with Crippen LogP contribution in [0, 0.1) is 6.92 Å². The summed E-state index contributed by atoms with van der Waals surface area (Å²) in [5, 5.41) is 6.93. The summed E-state index contributed by atoms with van der Waals surface area (Å²) in [5.74, 6) is 0.520. The highest BCUT2D eigenvalue weighted by atomic mass is 79.9. The lowest BCUT2D eigenvalue weighted by atomic mass is 9.93. The van der Waals surface area contributed by atoms with Crippen molar-refractivity contribution in [1.82, 2.24) is 14.7 Å². The molecule has 6 rings (SSSR count). The standard InChI is InChI=1S/C33H31BrN4O5S/c1-19-9-8-10-20(15-19)18-38-29-23(27(34)30(38)32(40)35-26-17-25(43-37-26)33(2,3)4)14-13-21-16-24(31(39)36-28(21)29)44(41,42)22-11-6-5-7-12-22/h5-12,15-17H,13-14,18H2,1-4H3,(H,36,39)(H,35,37,40). The van der Waals surface area contributed by atoms with E-state index in [1.807, 2.05) is 56.5 Å². The number of pyridine rings is 1. The van der Waals surface area contributed by atoms with Crippen molar-refractivity contribution in [3.05, 3.63) is 115 Å². The van der Waals surface area contributed by atoms with Crippen LogP contribution in [0.3, 0.4) is 0 Å². The van der Waals surface area contributed by atoms with E-state index in [0.717, 1.165) is 16.7 Å². The van der Waals surface area contributed by atoms with Gasteiger partial charge in [0.15, 0.2) is 5.82 Å². The number of hydrogen-bond donors (Lipinski definition) is 2. The maximum absolute atomic E-state index is 13.9. The number of hydrogen-bond acceptors (Lipinski definition) is 6. The number of aryl methyl sites for hydroxylation is 2. The van der Waals surface area contributed by atoms with E-state index < -0.39 is 21.3 Å². The third-order valence-electron chi connectivity index (χ3n) is 7.74. The van der Waals surface area contributed by atoms with Crippen molar-refractivity contribution in [3.8, 4) is 11.4 Å². The molecule has 1 amide bonds. The zero-order chi connectivity index (χ0) is 31.4. The first kappa shape index (κ1) is 29.8. The van der Waals surface area contributed by atoms with E-state index in [1.54, 1.807) is 24.3 Å². The van der Waals surface area contributed by atoms with Crippen molar-refractivity contribution in [2.75, 3.05) is 5.32 Å². The predicted molar refractivity (Wildman–Crippen MR) is 171 cm³/mol. The van der Waals surface area contributed by atoms with Gasteiger partial charge in [-0.25, -0.2) is 8.42 Å². The maximum atomic E-state index is 13.9. The summed E-state index contributed by atoms with van der Waals surface area (Å²) in [6.07, 6.45) is 1.00. The number of amides is 1. The van der Waals surface area contributed by atoms with Crippen molar-refractivity contribution in [3.63, 3.8) is 0 Å². The number of sulfone groups is 1.